The minimum absolute atomic E-state index is 0.342. The molecule has 0 saturated heterocycles. The highest BCUT2D eigenvalue weighted by atomic mass is 16.5. The van der Waals surface area contributed by atoms with Crippen molar-refractivity contribution in [3.8, 4) is 0 Å². The van der Waals surface area contributed by atoms with Gasteiger partial charge in [0.2, 0.25) is 0 Å². The number of ether oxygens (including phenoxy) is 1. The number of hydrogen-bond donors (Lipinski definition) is 0. The van der Waals surface area contributed by atoms with Crippen LogP contribution >= 0.6 is 0 Å². The normalized spacial score (nSPS) is 21.6. The van der Waals surface area contributed by atoms with Gasteiger partial charge in [-0.15, -0.1) is 0 Å². The number of rotatable bonds is 7. The van der Waals surface area contributed by atoms with Crippen LogP contribution in [0, 0.1) is 5.41 Å². The van der Waals surface area contributed by atoms with E-state index in [2.05, 4.69) is 12.7 Å². The van der Waals surface area contributed by atoms with Crippen molar-refractivity contribution in [1.29, 1.82) is 0 Å². The largest absolute Gasteiger partial charge is 0.372 e. The van der Waals surface area contributed by atoms with E-state index in [0.29, 0.717) is 19.6 Å². The Bertz CT molecular complexity index is 475. The summed E-state index contributed by atoms with van der Waals surface area (Å²) in [5.74, 6) is 0. The molecule has 1 unspecified atom stereocenters. The fourth-order valence-electron chi connectivity index (χ4n) is 2.64. The monoisotopic (exact) mass is 270 g/mol. The molecule has 2 heteroatoms. The molecule has 20 heavy (non-hydrogen) atoms. The third-order valence-corrected chi connectivity index (χ3v) is 3.69. The average Bonchev–Trinajstić information content (AvgIpc) is 2.49. The second kappa shape index (κ2) is 7.20. The van der Waals surface area contributed by atoms with E-state index < -0.39 is 0 Å². The van der Waals surface area contributed by atoms with Gasteiger partial charge in [-0.3, -0.25) is 0 Å². The highest BCUT2D eigenvalue weighted by molar-refractivity contribution is 5.63. The standard InChI is InChI=1S/C18H22O2/c1-16(12-18(15-19)10-6-3-7-11-18)13-20-14-17-8-4-2-5-9-17/h2,4-6,8-10,15H,1,3,7,11-14H2. The summed E-state index contributed by atoms with van der Waals surface area (Å²) in [4.78, 5) is 11.4. The van der Waals surface area contributed by atoms with Crippen LogP contribution in [-0.4, -0.2) is 12.9 Å². The third kappa shape index (κ3) is 4.17. The van der Waals surface area contributed by atoms with Crippen LogP contribution in [0.1, 0.15) is 31.2 Å². The molecule has 0 aromatic heterocycles. The summed E-state index contributed by atoms with van der Waals surface area (Å²) in [6, 6.07) is 10.1. The number of aldehydes is 1. The molecule has 0 amide bonds. The Morgan fingerprint density at radius 2 is 2.15 bits per heavy atom. The second-order valence-electron chi connectivity index (χ2n) is 5.55. The van der Waals surface area contributed by atoms with E-state index in [9.17, 15) is 4.79 Å². The average molecular weight is 270 g/mol. The Balaban J connectivity index is 1.79. The molecule has 106 valence electrons. The molecular weight excluding hydrogens is 248 g/mol. The molecule has 2 nitrogen and oxygen atoms in total. The third-order valence-electron chi connectivity index (χ3n) is 3.69. The second-order valence-corrected chi connectivity index (χ2v) is 5.55. The molecule has 0 bridgehead atoms. The van der Waals surface area contributed by atoms with Crippen LogP contribution in [0.15, 0.2) is 54.6 Å². The van der Waals surface area contributed by atoms with E-state index in [-0.39, 0.29) is 5.41 Å². The molecule has 1 aromatic rings. The molecule has 0 N–H and O–H groups in total. The van der Waals surface area contributed by atoms with Gasteiger partial charge in [0.15, 0.2) is 0 Å². The van der Waals surface area contributed by atoms with Gasteiger partial charge in [0.1, 0.15) is 6.29 Å². The predicted octanol–water partition coefficient (Wildman–Crippen LogP) is 4.07. The maximum atomic E-state index is 11.4. The fraction of sp³-hybridized carbons (Fsp3) is 0.389. The topological polar surface area (TPSA) is 26.3 Å². The number of allylic oxidation sites excluding steroid dienone is 2. The maximum Gasteiger partial charge on any atom is 0.130 e. The predicted molar refractivity (Wildman–Crippen MR) is 81.3 cm³/mol. The molecule has 0 saturated carbocycles. The van der Waals surface area contributed by atoms with E-state index >= 15 is 0 Å². The van der Waals surface area contributed by atoms with Crippen molar-refractivity contribution >= 4 is 6.29 Å². The van der Waals surface area contributed by atoms with Gasteiger partial charge in [0.05, 0.1) is 13.2 Å². The van der Waals surface area contributed by atoms with Crippen LogP contribution in [0.4, 0.5) is 0 Å². The Labute approximate surface area is 121 Å². The summed E-state index contributed by atoms with van der Waals surface area (Å²) in [5, 5.41) is 0. The number of carbonyl (C=O) groups excluding carboxylic acids is 1. The first-order valence-corrected chi connectivity index (χ1v) is 7.16. The van der Waals surface area contributed by atoms with Crippen LogP contribution in [0.5, 0.6) is 0 Å². The zero-order valence-electron chi connectivity index (χ0n) is 11.9. The maximum absolute atomic E-state index is 11.4. The Morgan fingerprint density at radius 1 is 1.35 bits per heavy atom. The van der Waals surface area contributed by atoms with Crippen molar-refractivity contribution in [3.63, 3.8) is 0 Å². The molecule has 2 rings (SSSR count). The minimum atomic E-state index is -0.342. The summed E-state index contributed by atoms with van der Waals surface area (Å²) < 4.78 is 5.67. The van der Waals surface area contributed by atoms with E-state index in [1.54, 1.807) is 0 Å². The SMILES string of the molecule is C=C(COCc1ccccc1)CC1(C=O)C=CCCC1. The Morgan fingerprint density at radius 3 is 2.80 bits per heavy atom. The lowest BCUT2D eigenvalue weighted by atomic mass is 9.76. The smallest absolute Gasteiger partial charge is 0.130 e. The summed E-state index contributed by atoms with van der Waals surface area (Å²) in [6.07, 6.45) is 9.00. The van der Waals surface area contributed by atoms with Gasteiger partial charge in [0, 0.05) is 5.41 Å². The molecular formula is C18H22O2. The zero-order valence-corrected chi connectivity index (χ0v) is 11.9. The van der Waals surface area contributed by atoms with Gasteiger partial charge in [0.25, 0.3) is 0 Å². The van der Waals surface area contributed by atoms with E-state index in [1.165, 1.54) is 0 Å². The lowest BCUT2D eigenvalue weighted by Crippen LogP contribution is -2.23. The van der Waals surface area contributed by atoms with E-state index in [0.717, 1.165) is 36.7 Å². The van der Waals surface area contributed by atoms with Crippen LogP contribution in [-0.2, 0) is 16.1 Å². The van der Waals surface area contributed by atoms with Crippen molar-refractivity contribution in [2.24, 2.45) is 5.41 Å². The lowest BCUT2D eigenvalue weighted by molar-refractivity contribution is -0.114. The molecule has 1 aliphatic rings. The van der Waals surface area contributed by atoms with Crippen molar-refractivity contribution in [3.05, 3.63) is 60.2 Å². The van der Waals surface area contributed by atoms with Gasteiger partial charge in [-0.25, -0.2) is 0 Å². The Hall–Kier alpha value is -1.67. The molecule has 0 heterocycles. The summed E-state index contributed by atoms with van der Waals surface area (Å²) in [5.41, 5.74) is 1.80. The van der Waals surface area contributed by atoms with Crippen molar-refractivity contribution < 1.29 is 9.53 Å². The van der Waals surface area contributed by atoms with E-state index in [4.69, 9.17) is 4.74 Å². The van der Waals surface area contributed by atoms with Gasteiger partial charge < -0.3 is 9.53 Å². The molecule has 0 radical (unpaired) electrons. The van der Waals surface area contributed by atoms with Gasteiger partial charge in [-0.05, 0) is 31.2 Å². The Kier molecular flexibility index (Phi) is 5.31. The van der Waals surface area contributed by atoms with Crippen molar-refractivity contribution in [2.75, 3.05) is 6.61 Å². The van der Waals surface area contributed by atoms with Crippen LogP contribution < -0.4 is 0 Å². The molecule has 1 aromatic carbocycles. The minimum Gasteiger partial charge on any atom is -0.372 e. The zero-order chi connectivity index (χ0) is 14.3. The molecule has 0 spiro atoms. The quantitative estimate of drug-likeness (QED) is 0.551. The fourth-order valence-corrected chi connectivity index (χ4v) is 2.64. The number of hydrogen-bond acceptors (Lipinski definition) is 2. The summed E-state index contributed by atoms with van der Waals surface area (Å²) in [7, 11) is 0. The molecule has 1 aliphatic carbocycles. The van der Waals surface area contributed by atoms with Gasteiger partial charge in [-0.2, -0.15) is 0 Å². The van der Waals surface area contributed by atoms with Crippen molar-refractivity contribution in [2.45, 2.75) is 32.3 Å². The lowest BCUT2D eigenvalue weighted by Gasteiger charge is -2.28. The number of carbonyl (C=O) groups is 1. The highest BCUT2D eigenvalue weighted by Crippen LogP contribution is 2.34. The van der Waals surface area contributed by atoms with Crippen molar-refractivity contribution in [1.82, 2.24) is 0 Å². The van der Waals surface area contributed by atoms with E-state index in [1.807, 2.05) is 36.4 Å². The summed E-state index contributed by atoms with van der Waals surface area (Å²) in [6.45, 7) is 5.15. The van der Waals surface area contributed by atoms with Crippen LogP contribution in [0.25, 0.3) is 0 Å². The van der Waals surface area contributed by atoms with Gasteiger partial charge in [-0.1, -0.05) is 54.6 Å². The number of benzene rings is 1. The molecule has 0 aliphatic heterocycles. The molecule has 1 atom stereocenters. The highest BCUT2D eigenvalue weighted by Gasteiger charge is 2.28. The first-order valence-electron chi connectivity index (χ1n) is 7.16. The first-order chi connectivity index (χ1) is 9.74. The summed E-state index contributed by atoms with van der Waals surface area (Å²) >= 11 is 0. The van der Waals surface area contributed by atoms with Gasteiger partial charge >= 0.3 is 0 Å². The first kappa shape index (κ1) is 14.7. The van der Waals surface area contributed by atoms with Crippen LogP contribution in [0.2, 0.25) is 0 Å². The molecule has 0 fully saturated rings. The van der Waals surface area contributed by atoms with Crippen LogP contribution in [0.3, 0.4) is 0 Å².